The van der Waals surface area contributed by atoms with E-state index in [4.69, 9.17) is 0 Å². The summed E-state index contributed by atoms with van der Waals surface area (Å²) in [7, 11) is 0. The fourth-order valence-corrected chi connectivity index (χ4v) is 4.73. The van der Waals surface area contributed by atoms with Crippen molar-refractivity contribution in [3.05, 3.63) is 58.7 Å². The molecular weight excluding hydrogens is 316 g/mol. The molecule has 2 heterocycles. The van der Waals surface area contributed by atoms with Gasteiger partial charge in [0.05, 0.1) is 0 Å². The molecule has 138 valence electrons. The number of anilines is 2. The van der Waals surface area contributed by atoms with Gasteiger partial charge in [0.15, 0.2) is 0 Å². The fraction of sp³-hybridized carbons (Fsp3) is 0.500. The van der Waals surface area contributed by atoms with Crippen molar-refractivity contribution in [1.82, 2.24) is 0 Å². The van der Waals surface area contributed by atoms with Crippen LogP contribution in [0.15, 0.2) is 36.4 Å². The van der Waals surface area contributed by atoms with E-state index in [1.165, 1.54) is 52.9 Å². The molecule has 2 aliphatic rings. The molecule has 0 radical (unpaired) electrons. The van der Waals surface area contributed by atoms with Gasteiger partial charge in [-0.3, -0.25) is 0 Å². The Morgan fingerprint density at radius 3 is 2.31 bits per heavy atom. The highest BCUT2D eigenvalue weighted by Crippen LogP contribution is 2.39. The summed E-state index contributed by atoms with van der Waals surface area (Å²) in [6, 6.07) is 14.0. The molecule has 2 aliphatic heterocycles. The van der Waals surface area contributed by atoms with Crippen molar-refractivity contribution in [2.75, 3.05) is 10.6 Å². The van der Waals surface area contributed by atoms with Crippen molar-refractivity contribution in [2.24, 2.45) is 0 Å². The van der Waals surface area contributed by atoms with Gasteiger partial charge in [-0.2, -0.15) is 0 Å². The maximum atomic E-state index is 3.70. The van der Waals surface area contributed by atoms with Gasteiger partial charge in [0.1, 0.15) is 0 Å². The number of hydrogen-bond donors (Lipinski definition) is 2. The van der Waals surface area contributed by atoms with Crippen molar-refractivity contribution >= 4 is 11.4 Å². The van der Waals surface area contributed by atoms with Gasteiger partial charge in [0, 0.05) is 22.5 Å². The van der Waals surface area contributed by atoms with E-state index in [1.807, 2.05) is 0 Å². The van der Waals surface area contributed by atoms with Gasteiger partial charge in [0.2, 0.25) is 0 Å². The number of nitrogens with one attached hydrogen (secondary N) is 2. The van der Waals surface area contributed by atoms with E-state index in [2.05, 4.69) is 81.7 Å². The van der Waals surface area contributed by atoms with E-state index < -0.39 is 0 Å². The zero-order valence-electron chi connectivity index (χ0n) is 16.9. The van der Waals surface area contributed by atoms with Gasteiger partial charge < -0.3 is 10.6 Å². The van der Waals surface area contributed by atoms with Crippen molar-refractivity contribution in [3.63, 3.8) is 0 Å². The van der Waals surface area contributed by atoms with Gasteiger partial charge in [-0.25, -0.2) is 0 Å². The summed E-state index contributed by atoms with van der Waals surface area (Å²) in [6.45, 7) is 11.5. The van der Waals surface area contributed by atoms with Crippen molar-refractivity contribution in [1.29, 1.82) is 0 Å². The van der Waals surface area contributed by atoms with Crippen LogP contribution in [0.3, 0.4) is 0 Å². The van der Waals surface area contributed by atoms with Crippen LogP contribution in [-0.4, -0.2) is 11.1 Å². The van der Waals surface area contributed by atoms with Gasteiger partial charge in [-0.15, -0.1) is 0 Å². The van der Waals surface area contributed by atoms with E-state index in [-0.39, 0.29) is 11.1 Å². The minimum atomic E-state index is 0.188. The highest BCUT2D eigenvalue weighted by atomic mass is 15.0. The van der Waals surface area contributed by atoms with Gasteiger partial charge in [0.25, 0.3) is 0 Å². The predicted molar refractivity (Wildman–Crippen MR) is 112 cm³/mol. The zero-order valence-corrected chi connectivity index (χ0v) is 16.9. The second-order valence-corrected chi connectivity index (χ2v) is 9.71. The number of benzene rings is 2. The van der Waals surface area contributed by atoms with Gasteiger partial charge in [-0.1, -0.05) is 31.2 Å². The second kappa shape index (κ2) is 6.04. The molecule has 0 aliphatic carbocycles. The molecule has 0 bridgehead atoms. The first-order valence-electron chi connectivity index (χ1n) is 10.0. The number of hydrogen-bond acceptors (Lipinski definition) is 2. The minimum Gasteiger partial charge on any atom is -0.380 e. The molecule has 2 aromatic carbocycles. The lowest BCUT2D eigenvalue weighted by Crippen LogP contribution is -2.36. The lowest BCUT2D eigenvalue weighted by molar-refractivity contribution is 0.454. The SMILES string of the molecule is CC1CC(C)(C)Nc2ccc(Cc3ccc4c(c3)CCC(C)(C)N4)cc21. The summed E-state index contributed by atoms with van der Waals surface area (Å²) < 4.78 is 0. The van der Waals surface area contributed by atoms with E-state index >= 15 is 0 Å². The quantitative estimate of drug-likeness (QED) is 0.684. The molecule has 0 aromatic heterocycles. The summed E-state index contributed by atoms with van der Waals surface area (Å²) in [5, 5.41) is 7.37. The lowest BCUT2D eigenvalue weighted by atomic mass is 9.81. The monoisotopic (exact) mass is 348 g/mol. The number of fused-ring (bicyclic) bond motifs is 2. The maximum Gasteiger partial charge on any atom is 0.0379 e. The van der Waals surface area contributed by atoms with Gasteiger partial charge in [-0.05, 0) is 93.7 Å². The topological polar surface area (TPSA) is 24.1 Å². The molecular formula is C24H32N2. The Morgan fingerprint density at radius 1 is 0.885 bits per heavy atom. The van der Waals surface area contributed by atoms with Crippen LogP contribution >= 0.6 is 0 Å². The van der Waals surface area contributed by atoms with Gasteiger partial charge >= 0.3 is 0 Å². The third-order valence-electron chi connectivity index (χ3n) is 6.01. The van der Waals surface area contributed by atoms with E-state index in [1.54, 1.807) is 0 Å². The Morgan fingerprint density at radius 2 is 1.54 bits per heavy atom. The van der Waals surface area contributed by atoms with Crippen LogP contribution < -0.4 is 10.6 Å². The van der Waals surface area contributed by atoms with Crippen LogP contribution in [0.5, 0.6) is 0 Å². The average molecular weight is 349 g/mol. The molecule has 0 amide bonds. The maximum absolute atomic E-state index is 3.70. The Kier molecular flexibility index (Phi) is 4.06. The Labute approximate surface area is 158 Å². The molecule has 26 heavy (non-hydrogen) atoms. The first-order chi connectivity index (χ1) is 12.2. The number of aryl methyl sites for hydroxylation is 1. The van der Waals surface area contributed by atoms with E-state index in [9.17, 15) is 0 Å². The molecule has 4 rings (SSSR count). The first kappa shape index (κ1) is 17.5. The Hall–Kier alpha value is -1.96. The molecule has 1 atom stereocenters. The van der Waals surface area contributed by atoms with Crippen molar-refractivity contribution < 1.29 is 0 Å². The largest absolute Gasteiger partial charge is 0.380 e. The van der Waals surface area contributed by atoms with Crippen LogP contribution in [0.1, 0.15) is 75.6 Å². The molecule has 2 aromatic rings. The van der Waals surface area contributed by atoms with Crippen LogP contribution in [0.2, 0.25) is 0 Å². The normalized spacial score (nSPS) is 22.6. The summed E-state index contributed by atoms with van der Waals surface area (Å²) in [5.41, 5.74) is 8.81. The van der Waals surface area contributed by atoms with E-state index in [0.717, 1.165) is 6.42 Å². The summed E-state index contributed by atoms with van der Waals surface area (Å²) >= 11 is 0. The predicted octanol–water partition coefficient (Wildman–Crippen LogP) is 6.11. The fourth-order valence-electron chi connectivity index (χ4n) is 4.73. The minimum absolute atomic E-state index is 0.188. The molecule has 0 saturated heterocycles. The molecule has 0 saturated carbocycles. The summed E-state index contributed by atoms with van der Waals surface area (Å²) in [6.07, 6.45) is 4.56. The van der Waals surface area contributed by atoms with Crippen LogP contribution in [0.25, 0.3) is 0 Å². The molecule has 2 N–H and O–H groups in total. The molecule has 0 spiro atoms. The molecule has 2 nitrogen and oxygen atoms in total. The van der Waals surface area contributed by atoms with Crippen molar-refractivity contribution in [3.8, 4) is 0 Å². The zero-order chi connectivity index (χ0) is 18.5. The molecule has 0 fully saturated rings. The van der Waals surface area contributed by atoms with Crippen molar-refractivity contribution in [2.45, 2.75) is 77.3 Å². The van der Waals surface area contributed by atoms with Crippen LogP contribution in [-0.2, 0) is 12.8 Å². The summed E-state index contributed by atoms with van der Waals surface area (Å²) in [5.74, 6) is 0.608. The molecule has 1 unspecified atom stereocenters. The average Bonchev–Trinajstić information content (AvgIpc) is 2.54. The summed E-state index contributed by atoms with van der Waals surface area (Å²) in [4.78, 5) is 0. The Bertz CT molecular complexity index is 832. The standard InChI is InChI=1S/C24H32N2/c1-16-15-24(4,5)26-22-9-7-18(14-20(16)22)12-17-6-8-21-19(13-17)10-11-23(2,3)25-21/h6-9,13-14,16,25-26H,10-12,15H2,1-5H3. The molecule has 2 heteroatoms. The lowest BCUT2D eigenvalue weighted by Gasteiger charge is -2.37. The second-order valence-electron chi connectivity index (χ2n) is 9.71. The van der Waals surface area contributed by atoms with E-state index in [0.29, 0.717) is 5.92 Å². The third kappa shape index (κ3) is 3.47. The van der Waals surface area contributed by atoms with Crippen LogP contribution in [0, 0.1) is 0 Å². The third-order valence-corrected chi connectivity index (χ3v) is 6.01. The van der Waals surface area contributed by atoms with Crippen LogP contribution in [0.4, 0.5) is 11.4 Å². The number of rotatable bonds is 2. The highest BCUT2D eigenvalue weighted by Gasteiger charge is 2.29. The smallest absolute Gasteiger partial charge is 0.0379 e. The highest BCUT2D eigenvalue weighted by molar-refractivity contribution is 5.59. The first-order valence-corrected chi connectivity index (χ1v) is 10.0. The Balaban J connectivity index is 1.56.